The van der Waals surface area contributed by atoms with Crippen molar-refractivity contribution < 1.29 is 9.72 Å². The number of pyridine rings is 2. The van der Waals surface area contributed by atoms with Gasteiger partial charge in [-0.15, -0.1) is 12.4 Å². The van der Waals surface area contributed by atoms with Crippen LogP contribution in [-0.2, 0) is 17.9 Å². The third-order valence-electron chi connectivity index (χ3n) is 4.85. The third kappa shape index (κ3) is 6.10. The van der Waals surface area contributed by atoms with Crippen LogP contribution >= 0.6 is 12.4 Å². The highest BCUT2D eigenvalue weighted by Gasteiger charge is 2.26. The van der Waals surface area contributed by atoms with Crippen molar-refractivity contribution in [3.8, 4) is 0 Å². The van der Waals surface area contributed by atoms with Gasteiger partial charge in [-0.1, -0.05) is 6.07 Å². The van der Waals surface area contributed by atoms with Crippen molar-refractivity contribution in [3.05, 3.63) is 68.9 Å². The molecule has 156 valence electrons. The summed E-state index contributed by atoms with van der Waals surface area (Å²) in [5, 5.41) is 14.3. The first-order valence-electron chi connectivity index (χ1n) is 9.29. The van der Waals surface area contributed by atoms with Crippen molar-refractivity contribution in [1.82, 2.24) is 19.8 Å². The van der Waals surface area contributed by atoms with Crippen molar-refractivity contribution in [2.75, 3.05) is 13.1 Å². The van der Waals surface area contributed by atoms with Crippen LogP contribution in [0.2, 0.25) is 0 Å². The summed E-state index contributed by atoms with van der Waals surface area (Å²) >= 11 is 0. The Balaban J connectivity index is 0.00000300. The Morgan fingerprint density at radius 3 is 2.83 bits per heavy atom. The molecule has 1 aliphatic heterocycles. The largest absolute Gasteiger partial charge is 0.332 e. The zero-order valence-electron chi connectivity index (χ0n) is 15.9. The minimum atomic E-state index is -0.580. The first kappa shape index (κ1) is 22.5. The number of amides is 1. The second kappa shape index (κ2) is 10.7. The summed E-state index contributed by atoms with van der Waals surface area (Å²) in [7, 11) is 0. The SMILES string of the molecule is Cl.O=C(Cn1cc([N+](=O)[O-])ccc1=O)N(Cc1ccccn1)C1CCCNCC1. The number of aromatic nitrogens is 2. The fourth-order valence-corrected chi connectivity index (χ4v) is 3.39. The van der Waals surface area contributed by atoms with Gasteiger partial charge < -0.3 is 10.2 Å². The Morgan fingerprint density at radius 2 is 2.10 bits per heavy atom. The molecular weight excluding hydrogens is 398 g/mol. The normalized spacial score (nSPS) is 16.3. The summed E-state index contributed by atoms with van der Waals surface area (Å²) in [4.78, 5) is 41.7. The molecule has 1 fully saturated rings. The van der Waals surface area contributed by atoms with E-state index in [1.807, 2.05) is 18.2 Å². The molecule has 0 radical (unpaired) electrons. The standard InChI is InChI=1S/C19H23N5O4.ClH/c25-18-7-6-17(24(27)28)13-22(18)14-19(26)23(12-15-4-1-2-10-21-15)16-5-3-9-20-11-8-16;/h1-2,4,6-7,10,13,16,20H,3,5,8-9,11-12,14H2;1H. The van der Waals surface area contributed by atoms with Gasteiger partial charge in [0.1, 0.15) is 6.54 Å². The van der Waals surface area contributed by atoms with Crippen LogP contribution in [0.15, 0.2) is 47.5 Å². The highest BCUT2D eigenvalue weighted by molar-refractivity contribution is 5.85. The van der Waals surface area contributed by atoms with E-state index < -0.39 is 10.5 Å². The summed E-state index contributed by atoms with van der Waals surface area (Å²) in [5.74, 6) is -0.250. The number of nitro groups is 1. The lowest BCUT2D eigenvalue weighted by molar-refractivity contribution is -0.385. The first-order chi connectivity index (χ1) is 13.5. The quantitative estimate of drug-likeness (QED) is 0.562. The highest BCUT2D eigenvalue weighted by Crippen LogP contribution is 2.17. The molecule has 1 amide bonds. The lowest BCUT2D eigenvalue weighted by Gasteiger charge is -2.31. The van der Waals surface area contributed by atoms with Crippen LogP contribution in [0, 0.1) is 10.1 Å². The van der Waals surface area contributed by atoms with Crippen LogP contribution in [0.4, 0.5) is 5.69 Å². The molecule has 1 unspecified atom stereocenters. The summed E-state index contributed by atoms with van der Waals surface area (Å²) in [6.45, 7) is 1.82. The van der Waals surface area contributed by atoms with Gasteiger partial charge in [0.15, 0.2) is 0 Å². The maximum atomic E-state index is 13.1. The van der Waals surface area contributed by atoms with Crippen molar-refractivity contribution >= 4 is 24.0 Å². The molecule has 1 aliphatic rings. The van der Waals surface area contributed by atoms with Crippen molar-refractivity contribution in [2.24, 2.45) is 0 Å². The lowest BCUT2D eigenvalue weighted by atomic mass is 10.1. The van der Waals surface area contributed by atoms with Crippen LogP contribution in [-0.4, -0.2) is 44.4 Å². The van der Waals surface area contributed by atoms with E-state index in [9.17, 15) is 19.7 Å². The van der Waals surface area contributed by atoms with Crippen molar-refractivity contribution in [3.63, 3.8) is 0 Å². The number of hydrogen-bond donors (Lipinski definition) is 1. The van der Waals surface area contributed by atoms with Crippen LogP contribution in [0.25, 0.3) is 0 Å². The van der Waals surface area contributed by atoms with E-state index in [1.54, 1.807) is 11.1 Å². The molecule has 10 heteroatoms. The number of rotatable bonds is 6. The Labute approximate surface area is 174 Å². The molecule has 0 spiro atoms. The second-order valence-corrected chi connectivity index (χ2v) is 6.79. The smallest absolute Gasteiger partial charge is 0.285 e. The van der Waals surface area contributed by atoms with Crippen LogP contribution in [0.5, 0.6) is 0 Å². The van der Waals surface area contributed by atoms with E-state index >= 15 is 0 Å². The highest BCUT2D eigenvalue weighted by atomic mass is 35.5. The fourth-order valence-electron chi connectivity index (χ4n) is 3.39. The fraction of sp³-hybridized carbons (Fsp3) is 0.421. The van der Waals surface area contributed by atoms with Gasteiger partial charge in [0.2, 0.25) is 5.91 Å². The predicted octanol–water partition coefficient (Wildman–Crippen LogP) is 1.74. The molecule has 9 nitrogen and oxygen atoms in total. The second-order valence-electron chi connectivity index (χ2n) is 6.79. The molecule has 29 heavy (non-hydrogen) atoms. The van der Waals surface area contributed by atoms with Gasteiger partial charge in [-0.2, -0.15) is 0 Å². The minimum absolute atomic E-state index is 0. The van der Waals surface area contributed by atoms with E-state index in [4.69, 9.17) is 0 Å². The topological polar surface area (TPSA) is 110 Å². The van der Waals surface area contributed by atoms with Crippen molar-refractivity contribution in [1.29, 1.82) is 0 Å². The number of carbonyl (C=O) groups excluding carboxylic acids is 1. The van der Waals surface area contributed by atoms with Crippen LogP contribution < -0.4 is 10.9 Å². The lowest BCUT2D eigenvalue weighted by Crippen LogP contribution is -2.43. The average molecular weight is 422 g/mol. The summed E-state index contributed by atoms with van der Waals surface area (Å²) < 4.78 is 1.10. The first-order valence-corrected chi connectivity index (χ1v) is 9.29. The average Bonchev–Trinajstić information content (AvgIpc) is 2.97. The van der Waals surface area contributed by atoms with Gasteiger partial charge in [0.25, 0.3) is 11.2 Å². The van der Waals surface area contributed by atoms with Gasteiger partial charge in [0.05, 0.1) is 23.4 Å². The molecule has 0 aliphatic carbocycles. The molecule has 3 heterocycles. The molecule has 1 N–H and O–H groups in total. The van der Waals surface area contributed by atoms with E-state index in [-0.39, 0.29) is 36.6 Å². The van der Waals surface area contributed by atoms with Crippen LogP contribution in [0.1, 0.15) is 25.0 Å². The summed E-state index contributed by atoms with van der Waals surface area (Å²) in [6, 6.07) is 7.82. The van der Waals surface area contributed by atoms with Crippen molar-refractivity contribution in [2.45, 2.75) is 38.4 Å². The predicted molar refractivity (Wildman–Crippen MR) is 110 cm³/mol. The maximum absolute atomic E-state index is 13.1. The Kier molecular flexibility index (Phi) is 8.29. The van der Waals surface area contributed by atoms with Gasteiger partial charge in [-0.05, 0) is 44.5 Å². The number of nitrogens with one attached hydrogen (secondary N) is 1. The molecule has 0 bridgehead atoms. The van der Waals surface area contributed by atoms with Crippen LogP contribution in [0.3, 0.4) is 0 Å². The van der Waals surface area contributed by atoms with E-state index in [0.29, 0.717) is 6.54 Å². The Morgan fingerprint density at radius 1 is 1.28 bits per heavy atom. The molecule has 2 aromatic rings. The Bertz CT molecular complexity index is 882. The molecule has 2 aromatic heterocycles. The zero-order chi connectivity index (χ0) is 19.9. The molecule has 3 rings (SSSR count). The number of nitrogens with zero attached hydrogens (tertiary/aromatic N) is 4. The van der Waals surface area contributed by atoms with Gasteiger partial charge in [-0.3, -0.25) is 29.3 Å². The van der Waals surface area contributed by atoms with Gasteiger partial charge in [-0.25, -0.2) is 0 Å². The Hall–Kier alpha value is -2.78. The van der Waals surface area contributed by atoms with Gasteiger partial charge >= 0.3 is 0 Å². The number of carbonyl (C=O) groups is 1. The van der Waals surface area contributed by atoms with E-state index in [0.717, 1.165) is 60.9 Å². The summed E-state index contributed by atoms with van der Waals surface area (Å²) in [6.07, 6.45) is 5.41. The minimum Gasteiger partial charge on any atom is -0.332 e. The number of halogens is 1. The number of hydrogen-bond acceptors (Lipinski definition) is 6. The molecule has 0 saturated carbocycles. The maximum Gasteiger partial charge on any atom is 0.285 e. The monoisotopic (exact) mass is 421 g/mol. The van der Waals surface area contributed by atoms with Gasteiger partial charge in [0, 0.05) is 24.4 Å². The molecule has 1 saturated heterocycles. The summed E-state index contributed by atoms with van der Waals surface area (Å²) in [5.41, 5.74) is 0.0982. The molecule has 1 atom stereocenters. The van der Waals surface area contributed by atoms with E-state index in [2.05, 4.69) is 10.3 Å². The third-order valence-corrected chi connectivity index (χ3v) is 4.85. The van der Waals surface area contributed by atoms with E-state index in [1.165, 1.54) is 0 Å². The molecule has 0 aromatic carbocycles. The zero-order valence-corrected chi connectivity index (χ0v) is 16.7. The molecular formula is C19H24ClN5O4.